The molecule has 3 aromatic rings. The van der Waals surface area contributed by atoms with Gasteiger partial charge in [-0.2, -0.15) is 4.31 Å². The predicted octanol–water partition coefficient (Wildman–Crippen LogP) is 3.38. The number of aryl methyl sites for hydroxylation is 1. The molecule has 3 aromatic carbocycles. The Kier molecular flexibility index (Phi) is 7.39. The summed E-state index contributed by atoms with van der Waals surface area (Å²) in [6, 6.07) is 17.4. The molecular weight excluding hydrogens is 462 g/mol. The first kappa shape index (κ1) is 24.6. The van der Waals surface area contributed by atoms with Crippen LogP contribution >= 0.6 is 0 Å². The number of carbonyl (C=O) groups is 2. The molecule has 0 atom stereocenters. The van der Waals surface area contributed by atoms with E-state index in [1.165, 1.54) is 61.6 Å². The Morgan fingerprint density at radius 2 is 1.68 bits per heavy atom. The smallest absolute Gasteiger partial charge is 0.326 e. The van der Waals surface area contributed by atoms with Crippen molar-refractivity contribution in [1.29, 1.82) is 0 Å². The number of hydrogen-bond donors (Lipinski definition) is 1. The minimum atomic E-state index is -3.86. The van der Waals surface area contributed by atoms with Crippen molar-refractivity contribution in [2.45, 2.75) is 11.8 Å². The maximum Gasteiger partial charge on any atom is 0.326 e. The number of non-ortho nitro benzene ring substituents is 1. The highest BCUT2D eigenvalue weighted by atomic mass is 32.2. The van der Waals surface area contributed by atoms with Crippen molar-refractivity contribution in [3.63, 3.8) is 0 Å². The van der Waals surface area contributed by atoms with E-state index in [0.717, 1.165) is 15.9 Å². The molecule has 0 unspecified atom stereocenters. The highest BCUT2D eigenvalue weighted by Gasteiger charge is 2.23. The number of carbonyl (C=O) groups excluding carboxylic acids is 2. The summed E-state index contributed by atoms with van der Waals surface area (Å²) >= 11 is 0. The molecule has 0 fully saturated rings. The Labute approximate surface area is 196 Å². The first-order chi connectivity index (χ1) is 16.1. The quantitative estimate of drug-likeness (QED) is 0.224. The molecule has 0 aromatic heterocycles. The van der Waals surface area contributed by atoms with E-state index in [4.69, 9.17) is 4.74 Å². The van der Waals surface area contributed by atoms with E-state index in [1.807, 2.05) is 6.92 Å². The van der Waals surface area contributed by atoms with Crippen LogP contribution in [-0.2, 0) is 14.8 Å². The molecule has 1 N–H and O–H groups in total. The van der Waals surface area contributed by atoms with Gasteiger partial charge in [0.2, 0.25) is 10.0 Å². The Bertz CT molecular complexity index is 1320. The second-order valence-corrected chi connectivity index (χ2v) is 9.38. The van der Waals surface area contributed by atoms with Gasteiger partial charge in [0.25, 0.3) is 11.6 Å². The van der Waals surface area contributed by atoms with Gasteiger partial charge in [-0.3, -0.25) is 19.7 Å². The van der Waals surface area contributed by atoms with Gasteiger partial charge in [-0.1, -0.05) is 23.8 Å². The number of nitro benzene ring substituents is 1. The lowest BCUT2D eigenvalue weighted by Crippen LogP contribution is -2.34. The molecule has 0 spiro atoms. The molecular formula is C23H21N3O7S. The van der Waals surface area contributed by atoms with Gasteiger partial charge in [0.05, 0.1) is 9.82 Å². The minimum Gasteiger partial charge on any atom is -0.426 e. The fourth-order valence-electron chi connectivity index (χ4n) is 2.89. The van der Waals surface area contributed by atoms with Crippen LogP contribution < -0.4 is 10.1 Å². The van der Waals surface area contributed by atoms with Crippen LogP contribution in [0, 0.1) is 17.0 Å². The van der Waals surface area contributed by atoms with E-state index in [0.29, 0.717) is 5.69 Å². The third-order valence-electron chi connectivity index (χ3n) is 4.74. The molecule has 11 heteroatoms. The number of hydrogen-bond acceptors (Lipinski definition) is 7. The van der Waals surface area contributed by atoms with Crippen molar-refractivity contribution in [3.8, 4) is 5.75 Å². The number of likely N-dealkylation sites (N-methyl/N-ethyl adjacent to an activating group) is 1. The molecule has 0 aliphatic heterocycles. The number of rotatable bonds is 8. The molecule has 0 aliphatic carbocycles. The standard InChI is InChI=1S/C23H21N3O7S/c1-16-6-12-21(13-7-16)34(31,32)25(2)15-22(27)33-20-10-8-18(9-11-20)24-23(28)17-4-3-5-19(14-17)26(29)30/h3-14H,15H2,1-2H3,(H,24,28). The normalized spacial score (nSPS) is 11.1. The zero-order valence-corrected chi connectivity index (χ0v) is 19.1. The van der Waals surface area contributed by atoms with Crippen molar-refractivity contribution >= 4 is 33.3 Å². The van der Waals surface area contributed by atoms with Crippen LogP contribution in [0.4, 0.5) is 11.4 Å². The van der Waals surface area contributed by atoms with E-state index >= 15 is 0 Å². The van der Waals surface area contributed by atoms with E-state index in [1.54, 1.807) is 12.1 Å². The largest absolute Gasteiger partial charge is 0.426 e. The summed E-state index contributed by atoms with van der Waals surface area (Å²) in [5, 5.41) is 13.5. The molecule has 176 valence electrons. The number of nitrogens with one attached hydrogen (secondary N) is 1. The second-order valence-electron chi connectivity index (χ2n) is 7.33. The van der Waals surface area contributed by atoms with Crippen LogP contribution in [0.5, 0.6) is 5.75 Å². The number of sulfonamides is 1. The summed E-state index contributed by atoms with van der Waals surface area (Å²) in [7, 11) is -2.57. The van der Waals surface area contributed by atoms with Crippen LogP contribution in [0.1, 0.15) is 15.9 Å². The van der Waals surface area contributed by atoms with Crippen LogP contribution in [0.25, 0.3) is 0 Å². The van der Waals surface area contributed by atoms with Gasteiger partial charge in [0.15, 0.2) is 0 Å². The monoisotopic (exact) mass is 483 g/mol. The fourth-order valence-corrected chi connectivity index (χ4v) is 4.01. The summed E-state index contributed by atoms with van der Waals surface area (Å²) in [6.45, 7) is 1.34. The van der Waals surface area contributed by atoms with Crippen molar-refractivity contribution in [1.82, 2.24) is 4.31 Å². The van der Waals surface area contributed by atoms with Gasteiger partial charge in [-0.15, -0.1) is 0 Å². The van der Waals surface area contributed by atoms with Crippen molar-refractivity contribution in [2.24, 2.45) is 0 Å². The first-order valence-electron chi connectivity index (χ1n) is 9.96. The minimum absolute atomic E-state index is 0.0669. The maximum atomic E-state index is 12.6. The number of anilines is 1. The zero-order chi connectivity index (χ0) is 24.9. The van der Waals surface area contributed by atoms with Gasteiger partial charge >= 0.3 is 5.97 Å². The van der Waals surface area contributed by atoms with Gasteiger partial charge in [0, 0.05) is 30.4 Å². The highest BCUT2D eigenvalue weighted by molar-refractivity contribution is 7.89. The Balaban J connectivity index is 1.59. The van der Waals surface area contributed by atoms with Crippen molar-refractivity contribution in [3.05, 3.63) is 94.0 Å². The molecule has 0 saturated carbocycles. The lowest BCUT2D eigenvalue weighted by molar-refractivity contribution is -0.384. The average Bonchev–Trinajstić information content (AvgIpc) is 2.80. The fraction of sp³-hybridized carbons (Fsp3) is 0.130. The lowest BCUT2D eigenvalue weighted by Gasteiger charge is -2.16. The Morgan fingerprint density at radius 1 is 1.03 bits per heavy atom. The third-order valence-corrected chi connectivity index (χ3v) is 6.56. The van der Waals surface area contributed by atoms with E-state index in [9.17, 15) is 28.1 Å². The van der Waals surface area contributed by atoms with Gasteiger partial charge in [-0.25, -0.2) is 8.42 Å². The number of esters is 1. The topological polar surface area (TPSA) is 136 Å². The van der Waals surface area contributed by atoms with Crippen LogP contribution in [0.3, 0.4) is 0 Å². The SMILES string of the molecule is Cc1ccc(S(=O)(=O)N(C)CC(=O)Oc2ccc(NC(=O)c3cccc([N+](=O)[O-])c3)cc2)cc1. The number of amides is 1. The molecule has 34 heavy (non-hydrogen) atoms. The van der Waals surface area contributed by atoms with E-state index < -0.39 is 33.4 Å². The van der Waals surface area contributed by atoms with Crippen LogP contribution in [-0.4, -0.2) is 43.1 Å². The van der Waals surface area contributed by atoms with E-state index in [-0.39, 0.29) is 21.9 Å². The lowest BCUT2D eigenvalue weighted by atomic mass is 10.2. The summed E-state index contributed by atoms with van der Waals surface area (Å²) in [4.78, 5) is 34.9. The summed E-state index contributed by atoms with van der Waals surface area (Å²) in [6.07, 6.45) is 0. The summed E-state index contributed by atoms with van der Waals surface area (Å²) < 4.78 is 31.3. The van der Waals surface area contributed by atoms with Crippen LogP contribution in [0.15, 0.2) is 77.7 Å². The number of ether oxygens (including phenoxy) is 1. The first-order valence-corrected chi connectivity index (χ1v) is 11.4. The summed E-state index contributed by atoms with van der Waals surface area (Å²) in [5.74, 6) is -1.18. The molecule has 1 amide bonds. The van der Waals surface area contributed by atoms with Gasteiger partial charge < -0.3 is 10.1 Å². The van der Waals surface area contributed by atoms with Gasteiger partial charge in [-0.05, 0) is 49.4 Å². The van der Waals surface area contributed by atoms with Gasteiger partial charge in [0.1, 0.15) is 12.3 Å². The van der Waals surface area contributed by atoms with Crippen molar-refractivity contribution in [2.75, 3.05) is 18.9 Å². The highest BCUT2D eigenvalue weighted by Crippen LogP contribution is 2.19. The number of nitrogens with zero attached hydrogens (tertiary/aromatic N) is 2. The molecule has 0 saturated heterocycles. The molecule has 0 bridgehead atoms. The Morgan fingerprint density at radius 3 is 2.29 bits per heavy atom. The maximum absolute atomic E-state index is 12.6. The zero-order valence-electron chi connectivity index (χ0n) is 18.3. The third kappa shape index (κ3) is 6.03. The van der Waals surface area contributed by atoms with Crippen molar-refractivity contribution < 1.29 is 27.7 Å². The number of nitro groups is 1. The van der Waals surface area contributed by atoms with Crippen LogP contribution in [0.2, 0.25) is 0 Å². The molecule has 0 heterocycles. The average molecular weight is 484 g/mol. The molecule has 3 rings (SSSR count). The molecule has 0 radical (unpaired) electrons. The second kappa shape index (κ2) is 10.2. The predicted molar refractivity (Wildman–Crippen MR) is 124 cm³/mol. The Hall–Kier alpha value is -4.09. The van der Waals surface area contributed by atoms with E-state index in [2.05, 4.69) is 5.32 Å². The summed E-state index contributed by atoms with van der Waals surface area (Å²) in [5.41, 5.74) is 1.19. The number of benzene rings is 3. The molecule has 0 aliphatic rings. The molecule has 10 nitrogen and oxygen atoms in total.